The Morgan fingerprint density at radius 1 is 1.03 bits per heavy atom. The zero-order valence-corrected chi connectivity index (χ0v) is 20.9. The molecule has 1 aliphatic rings. The molecule has 5 aromatic rings. The molecule has 37 heavy (non-hydrogen) atoms. The van der Waals surface area contributed by atoms with E-state index >= 15 is 0 Å². The molecule has 0 saturated heterocycles. The fraction of sp³-hybridized carbons (Fsp3) is 0.172. The molecule has 0 spiro atoms. The molecule has 6 rings (SSSR count). The summed E-state index contributed by atoms with van der Waals surface area (Å²) in [7, 11) is 1.95. The number of thioether (sulfide) groups is 1. The van der Waals surface area contributed by atoms with Gasteiger partial charge in [0.25, 0.3) is 5.56 Å². The van der Waals surface area contributed by atoms with Gasteiger partial charge in [0, 0.05) is 52.0 Å². The summed E-state index contributed by atoms with van der Waals surface area (Å²) < 4.78 is 9.67. The SMILES string of the molecule is Cn1cc(-c2c(COc3cccc4ccccc34)c(CO)c(=O)n3c2SC[C@H]3C(=O)O)c2ccccc21. The van der Waals surface area contributed by atoms with E-state index in [-0.39, 0.29) is 17.9 Å². The standard InChI is InChI=1S/C29H24N2O5S/c1-30-13-20(19-10-4-5-11-23(19)30)26-22(15-36-25-12-6-8-17-7-2-3-9-18(17)25)21(14-32)27(33)31-24(29(34)35)16-37-28(26)31/h2-13,24,32H,14-16H2,1H3,(H,34,35)/t24-/m0/s1. The number of aromatic nitrogens is 2. The third-order valence-corrected chi connectivity index (χ3v) is 8.15. The fourth-order valence-electron chi connectivity index (χ4n) is 5.22. The number of rotatable bonds is 6. The van der Waals surface area contributed by atoms with E-state index in [9.17, 15) is 19.8 Å². The molecule has 3 heterocycles. The molecule has 1 aliphatic heterocycles. The van der Waals surface area contributed by atoms with Crippen LogP contribution in [0.15, 0.2) is 82.7 Å². The Morgan fingerprint density at radius 3 is 2.54 bits per heavy atom. The van der Waals surface area contributed by atoms with Gasteiger partial charge in [-0.3, -0.25) is 9.36 Å². The van der Waals surface area contributed by atoms with Gasteiger partial charge in [0.2, 0.25) is 0 Å². The second kappa shape index (κ2) is 9.14. The van der Waals surface area contributed by atoms with Crippen molar-refractivity contribution in [1.29, 1.82) is 0 Å². The molecule has 0 radical (unpaired) electrons. The molecule has 3 aromatic carbocycles. The highest BCUT2D eigenvalue weighted by molar-refractivity contribution is 7.99. The van der Waals surface area contributed by atoms with E-state index in [0.717, 1.165) is 32.8 Å². The number of hydrogen-bond acceptors (Lipinski definition) is 5. The number of aliphatic hydroxyl groups excluding tert-OH is 1. The number of hydrogen-bond donors (Lipinski definition) is 2. The van der Waals surface area contributed by atoms with E-state index in [1.807, 2.05) is 84.5 Å². The lowest BCUT2D eigenvalue weighted by molar-refractivity contribution is -0.140. The summed E-state index contributed by atoms with van der Waals surface area (Å²) in [4.78, 5) is 25.6. The minimum absolute atomic E-state index is 0.0455. The average Bonchev–Trinajstić information content (AvgIpc) is 3.50. The number of aliphatic hydroxyl groups is 1. The number of carboxylic acid groups (broad SMARTS) is 1. The first-order valence-corrected chi connectivity index (χ1v) is 12.9. The number of ether oxygens (including phenoxy) is 1. The van der Waals surface area contributed by atoms with Gasteiger partial charge in [0.05, 0.1) is 17.2 Å². The lowest BCUT2D eigenvalue weighted by Gasteiger charge is -2.20. The van der Waals surface area contributed by atoms with Crippen molar-refractivity contribution in [2.75, 3.05) is 5.75 Å². The predicted octanol–water partition coefficient (Wildman–Crippen LogP) is 4.96. The zero-order chi connectivity index (χ0) is 25.7. The Balaban J connectivity index is 1.60. The van der Waals surface area contributed by atoms with Crippen LogP contribution in [0.5, 0.6) is 5.75 Å². The maximum absolute atomic E-state index is 13.6. The van der Waals surface area contributed by atoms with E-state index in [1.54, 1.807) is 0 Å². The molecule has 0 bridgehead atoms. The smallest absolute Gasteiger partial charge is 0.327 e. The molecular weight excluding hydrogens is 488 g/mol. The maximum Gasteiger partial charge on any atom is 0.327 e. The molecule has 0 aliphatic carbocycles. The molecule has 0 fully saturated rings. The van der Waals surface area contributed by atoms with Crippen molar-refractivity contribution >= 4 is 39.4 Å². The van der Waals surface area contributed by atoms with Crippen LogP contribution in [0.2, 0.25) is 0 Å². The van der Waals surface area contributed by atoms with E-state index in [0.29, 0.717) is 16.3 Å². The summed E-state index contributed by atoms with van der Waals surface area (Å²) in [5.74, 6) is -0.163. The van der Waals surface area contributed by atoms with Crippen LogP contribution in [-0.2, 0) is 25.1 Å². The molecule has 0 saturated carbocycles. The van der Waals surface area contributed by atoms with E-state index in [4.69, 9.17) is 4.74 Å². The summed E-state index contributed by atoms with van der Waals surface area (Å²) in [6, 6.07) is 20.6. The molecule has 8 heteroatoms. The van der Waals surface area contributed by atoms with Gasteiger partial charge in [-0.1, -0.05) is 54.6 Å². The Bertz CT molecular complexity index is 1750. The number of fused-ring (bicyclic) bond motifs is 3. The Morgan fingerprint density at radius 2 is 1.76 bits per heavy atom. The molecular formula is C29H24N2O5S. The normalized spacial score (nSPS) is 14.8. The molecule has 2 aromatic heterocycles. The molecule has 1 atom stereocenters. The number of pyridine rings is 1. The van der Waals surface area contributed by atoms with Crippen LogP contribution in [0.1, 0.15) is 17.2 Å². The van der Waals surface area contributed by atoms with Crippen LogP contribution in [-0.4, -0.2) is 31.1 Å². The third-order valence-electron chi connectivity index (χ3n) is 7.00. The molecule has 2 N–H and O–H groups in total. The van der Waals surface area contributed by atoms with Crippen molar-refractivity contribution in [1.82, 2.24) is 9.13 Å². The predicted molar refractivity (Wildman–Crippen MR) is 144 cm³/mol. The van der Waals surface area contributed by atoms with Gasteiger partial charge in [-0.2, -0.15) is 0 Å². The van der Waals surface area contributed by atoms with Gasteiger partial charge in [-0.05, 0) is 17.5 Å². The van der Waals surface area contributed by atoms with Gasteiger partial charge in [-0.15, -0.1) is 11.8 Å². The van der Waals surface area contributed by atoms with E-state index < -0.39 is 24.2 Å². The van der Waals surface area contributed by atoms with Crippen LogP contribution in [0.4, 0.5) is 0 Å². The maximum atomic E-state index is 13.6. The topological polar surface area (TPSA) is 93.7 Å². The van der Waals surface area contributed by atoms with Crippen molar-refractivity contribution in [3.05, 3.63) is 94.4 Å². The van der Waals surface area contributed by atoms with Crippen LogP contribution >= 0.6 is 11.8 Å². The van der Waals surface area contributed by atoms with Crippen molar-refractivity contribution in [2.45, 2.75) is 24.3 Å². The number of carboxylic acids is 1. The highest BCUT2D eigenvalue weighted by atomic mass is 32.2. The number of nitrogens with zero attached hydrogens (tertiary/aromatic N) is 2. The number of carbonyl (C=O) groups is 1. The number of para-hydroxylation sites is 1. The Labute approximate surface area is 216 Å². The lowest BCUT2D eigenvalue weighted by Crippen LogP contribution is -2.32. The zero-order valence-electron chi connectivity index (χ0n) is 20.0. The first kappa shape index (κ1) is 23.4. The summed E-state index contributed by atoms with van der Waals surface area (Å²) >= 11 is 1.35. The summed E-state index contributed by atoms with van der Waals surface area (Å²) in [6.07, 6.45) is 1.99. The van der Waals surface area contributed by atoms with E-state index in [2.05, 4.69) is 0 Å². The van der Waals surface area contributed by atoms with Gasteiger partial charge >= 0.3 is 5.97 Å². The minimum Gasteiger partial charge on any atom is -0.488 e. The van der Waals surface area contributed by atoms with Gasteiger partial charge < -0.3 is 19.5 Å². The quantitative estimate of drug-likeness (QED) is 0.334. The van der Waals surface area contributed by atoms with Gasteiger partial charge in [0.1, 0.15) is 18.4 Å². The fourth-order valence-corrected chi connectivity index (χ4v) is 6.55. The van der Waals surface area contributed by atoms with Crippen molar-refractivity contribution in [3.63, 3.8) is 0 Å². The Hall–Kier alpha value is -4.01. The van der Waals surface area contributed by atoms with Crippen LogP contribution in [0.3, 0.4) is 0 Å². The number of benzene rings is 3. The molecule has 7 nitrogen and oxygen atoms in total. The lowest BCUT2D eigenvalue weighted by atomic mass is 9.97. The number of aliphatic carboxylic acids is 1. The number of aryl methyl sites for hydroxylation is 1. The average molecular weight is 513 g/mol. The monoisotopic (exact) mass is 512 g/mol. The third kappa shape index (κ3) is 3.72. The van der Waals surface area contributed by atoms with Gasteiger partial charge in [0.15, 0.2) is 0 Å². The highest BCUT2D eigenvalue weighted by Crippen LogP contribution is 2.44. The Kier molecular flexibility index (Phi) is 5.78. The summed E-state index contributed by atoms with van der Waals surface area (Å²) in [6.45, 7) is -0.480. The molecule has 0 unspecified atom stereocenters. The second-order valence-electron chi connectivity index (χ2n) is 9.07. The van der Waals surface area contributed by atoms with Crippen LogP contribution in [0.25, 0.3) is 32.8 Å². The largest absolute Gasteiger partial charge is 0.488 e. The van der Waals surface area contributed by atoms with Crippen LogP contribution < -0.4 is 10.3 Å². The van der Waals surface area contributed by atoms with Crippen LogP contribution in [0, 0.1) is 0 Å². The highest BCUT2D eigenvalue weighted by Gasteiger charge is 2.36. The van der Waals surface area contributed by atoms with Crippen molar-refractivity contribution in [3.8, 4) is 16.9 Å². The van der Waals surface area contributed by atoms with E-state index in [1.165, 1.54) is 16.3 Å². The first-order chi connectivity index (χ1) is 18.0. The van der Waals surface area contributed by atoms with Gasteiger partial charge in [-0.25, -0.2) is 4.79 Å². The van der Waals surface area contributed by atoms with Crippen molar-refractivity contribution < 1.29 is 19.7 Å². The molecule has 186 valence electrons. The summed E-state index contributed by atoms with van der Waals surface area (Å²) in [5, 5.41) is 23.8. The minimum atomic E-state index is -1.07. The van der Waals surface area contributed by atoms with Crippen molar-refractivity contribution in [2.24, 2.45) is 7.05 Å². The second-order valence-corrected chi connectivity index (χ2v) is 10.1. The molecule has 0 amide bonds. The first-order valence-electron chi connectivity index (χ1n) is 11.9. The summed E-state index contributed by atoms with van der Waals surface area (Å²) in [5.41, 5.74) is 2.84.